The zero-order chi connectivity index (χ0) is 11.7. The van der Waals surface area contributed by atoms with Gasteiger partial charge in [0.25, 0.3) is 0 Å². The SMILES string of the molecule is Cc1nc2ccccc2nc1SC1CCOC1. The number of benzene rings is 1. The minimum atomic E-state index is 0.532. The molecule has 3 rings (SSSR count). The van der Waals surface area contributed by atoms with Crippen LogP contribution in [0.25, 0.3) is 11.0 Å². The lowest BCUT2D eigenvalue weighted by atomic mass is 10.3. The third-order valence-electron chi connectivity index (χ3n) is 2.87. The van der Waals surface area contributed by atoms with E-state index in [1.165, 1.54) is 0 Å². The molecule has 2 heterocycles. The lowest BCUT2D eigenvalue weighted by Gasteiger charge is -2.09. The van der Waals surface area contributed by atoms with Gasteiger partial charge in [0, 0.05) is 11.9 Å². The van der Waals surface area contributed by atoms with Crippen LogP contribution >= 0.6 is 11.8 Å². The quantitative estimate of drug-likeness (QED) is 0.816. The first-order valence-electron chi connectivity index (χ1n) is 5.81. The molecule has 1 unspecified atom stereocenters. The van der Waals surface area contributed by atoms with E-state index in [4.69, 9.17) is 4.74 Å². The molecule has 2 aromatic rings. The summed E-state index contributed by atoms with van der Waals surface area (Å²) >= 11 is 1.79. The van der Waals surface area contributed by atoms with Gasteiger partial charge in [0.05, 0.1) is 23.3 Å². The van der Waals surface area contributed by atoms with Crippen LogP contribution in [0.5, 0.6) is 0 Å². The van der Waals surface area contributed by atoms with Crippen LogP contribution in [-0.4, -0.2) is 28.4 Å². The van der Waals surface area contributed by atoms with Crippen molar-refractivity contribution >= 4 is 22.8 Å². The van der Waals surface area contributed by atoms with Crippen molar-refractivity contribution in [3.8, 4) is 0 Å². The summed E-state index contributed by atoms with van der Waals surface area (Å²) in [4.78, 5) is 9.28. The number of hydrogen-bond acceptors (Lipinski definition) is 4. The van der Waals surface area contributed by atoms with Gasteiger partial charge in [-0.1, -0.05) is 23.9 Å². The van der Waals surface area contributed by atoms with E-state index in [0.29, 0.717) is 5.25 Å². The fourth-order valence-electron chi connectivity index (χ4n) is 1.95. The second-order valence-electron chi connectivity index (χ2n) is 4.21. The zero-order valence-corrected chi connectivity index (χ0v) is 10.5. The first kappa shape index (κ1) is 11.0. The fraction of sp³-hybridized carbons (Fsp3) is 0.385. The molecule has 0 aliphatic carbocycles. The minimum Gasteiger partial charge on any atom is -0.380 e. The fourth-order valence-corrected chi connectivity index (χ4v) is 3.01. The topological polar surface area (TPSA) is 35.0 Å². The van der Waals surface area contributed by atoms with Crippen molar-refractivity contribution in [1.29, 1.82) is 0 Å². The van der Waals surface area contributed by atoms with E-state index in [9.17, 15) is 0 Å². The number of para-hydroxylation sites is 2. The van der Waals surface area contributed by atoms with Crippen LogP contribution in [-0.2, 0) is 4.74 Å². The van der Waals surface area contributed by atoms with Crippen LogP contribution < -0.4 is 0 Å². The zero-order valence-electron chi connectivity index (χ0n) is 9.72. The Kier molecular flexibility index (Phi) is 2.99. The van der Waals surface area contributed by atoms with Crippen LogP contribution in [0.2, 0.25) is 0 Å². The molecule has 1 aliphatic heterocycles. The summed E-state index contributed by atoms with van der Waals surface area (Å²) in [6, 6.07) is 8.01. The van der Waals surface area contributed by atoms with Gasteiger partial charge in [-0.05, 0) is 25.5 Å². The van der Waals surface area contributed by atoms with E-state index in [-0.39, 0.29) is 0 Å². The normalized spacial score (nSPS) is 19.9. The maximum Gasteiger partial charge on any atom is 0.118 e. The van der Waals surface area contributed by atoms with Crippen LogP contribution in [0.1, 0.15) is 12.1 Å². The largest absolute Gasteiger partial charge is 0.380 e. The van der Waals surface area contributed by atoms with Gasteiger partial charge in [-0.3, -0.25) is 0 Å². The van der Waals surface area contributed by atoms with Gasteiger partial charge in [0.15, 0.2) is 0 Å². The monoisotopic (exact) mass is 246 g/mol. The molecule has 0 radical (unpaired) electrons. The maximum absolute atomic E-state index is 5.39. The lowest BCUT2D eigenvalue weighted by Crippen LogP contribution is -2.03. The van der Waals surface area contributed by atoms with Gasteiger partial charge in [-0.15, -0.1) is 0 Å². The third-order valence-corrected chi connectivity index (χ3v) is 4.18. The molecular weight excluding hydrogens is 232 g/mol. The number of nitrogens with zero attached hydrogens (tertiary/aromatic N) is 2. The number of fused-ring (bicyclic) bond motifs is 1. The molecule has 0 bridgehead atoms. The Morgan fingerprint density at radius 2 is 2.00 bits per heavy atom. The molecule has 1 fully saturated rings. The van der Waals surface area contributed by atoms with Crippen molar-refractivity contribution in [1.82, 2.24) is 9.97 Å². The van der Waals surface area contributed by atoms with E-state index >= 15 is 0 Å². The molecule has 1 saturated heterocycles. The summed E-state index contributed by atoms with van der Waals surface area (Å²) in [6.07, 6.45) is 1.11. The Morgan fingerprint density at radius 1 is 1.24 bits per heavy atom. The van der Waals surface area contributed by atoms with Gasteiger partial charge < -0.3 is 4.74 Å². The number of aryl methyl sites for hydroxylation is 1. The highest BCUT2D eigenvalue weighted by Gasteiger charge is 2.19. The van der Waals surface area contributed by atoms with Crippen molar-refractivity contribution in [2.75, 3.05) is 13.2 Å². The number of thioether (sulfide) groups is 1. The average molecular weight is 246 g/mol. The van der Waals surface area contributed by atoms with Crippen LogP contribution in [0, 0.1) is 6.92 Å². The summed E-state index contributed by atoms with van der Waals surface area (Å²) in [5.74, 6) is 0. The first-order valence-corrected chi connectivity index (χ1v) is 6.69. The minimum absolute atomic E-state index is 0.532. The Hall–Kier alpha value is -1.13. The van der Waals surface area contributed by atoms with Gasteiger partial charge in [0.2, 0.25) is 0 Å². The molecule has 17 heavy (non-hydrogen) atoms. The summed E-state index contributed by atoms with van der Waals surface area (Å²) < 4.78 is 5.39. The summed E-state index contributed by atoms with van der Waals surface area (Å²) in [6.45, 7) is 3.73. The Morgan fingerprint density at radius 3 is 2.71 bits per heavy atom. The molecular formula is C13H14N2OS. The number of aromatic nitrogens is 2. The van der Waals surface area contributed by atoms with Crippen molar-refractivity contribution in [2.45, 2.75) is 23.6 Å². The molecule has 0 saturated carbocycles. The molecule has 1 aliphatic rings. The smallest absolute Gasteiger partial charge is 0.118 e. The van der Waals surface area contributed by atoms with Crippen molar-refractivity contribution < 1.29 is 4.74 Å². The molecule has 1 aromatic carbocycles. The van der Waals surface area contributed by atoms with E-state index < -0.39 is 0 Å². The van der Waals surface area contributed by atoms with Crippen LogP contribution in [0.3, 0.4) is 0 Å². The Balaban J connectivity index is 1.95. The van der Waals surface area contributed by atoms with Gasteiger partial charge in [-0.25, -0.2) is 9.97 Å². The molecule has 1 aromatic heterocycles. The Labute approximate surface area is 105 Å². The summed E-state index contributed by atoms with van der Waals surface area (Å²) in [5, 5.41) is 1.57. The predicted molar refractivity (Wildman–Crippen MR) is 69.4 cm³/mol. The second-order valence-corrected chi connectivity index (χ2v) is 5.50. The maximum atomic E-state index is 5.39. The van der Waals surface area contributed by atoms with E-state index in [1.807, 2.05) is 31.2 Å². The highest BCUT2D eigenvalue weighted by molar-refractivity contribution is 7.99. The molecule has 3 nitrogen and oxygen atoms in total. The molecule has 0 amide bonds. The lowest BCUT2D eigenvalue weighted by molar-refractivity contribution is 0.199. The summed E-state index contributed by atoms with van der Waals surface area (Å²) in [7, 11) is 0. The molecule has 88 valence electrons. The standard InChI is InChI=1S/C13H14N2OS/c1-9-13(17-10-6-7-16-8-10)15-12-5-3-2-4-11(12)14-9/h2-5,10H,6-8H2,1H3. The van der Waals surface area contributed by atoms with E-state index in [2.05, 4.69) is 9.97 Å². The number of ether oxygens (including phenoxy) is 1. The number of hydrogen-bond donors (Lipinski definition) is 0. The highest BCUT2D eigenvalue weighted by Crippen LogP contribution is 2.29. The molecule has 4 heteroatoms. The highest BCUT2D eigenvalue weighted by atomic mass is 32.2. The van der Waals surface area contributed by atoms with Crippen molar-refractivity contribution in [2.24, 2.45) is 0 Å². The Bertz CT molecular complexity index is 538. The average Bonchev–Trinajstić information content (AvgIpc) is 2.83. The van der Waals surface area contributed by atoms with Gasteiger partial charge in [-0.2, -0.15) is 0 Å². The summed E-state index contributed by atoms with van der Waals surface area (Å²) in [5.41, 5.74) is 2.96. The van der Waals surface area contributed by atoms with E-state index in [0.717, 1.165) is 41.4 Å². The third kappa shape index (κ3) is 2.28. The molecule has 0 N–H and O–H groups in total. The van der Waals surface area contributed by atoms with Crippen molar-refractivity contribution in [3.05, 3.63) is 30.0 Å². The molecule has 1 atom stereocenters. The predicted octanol–water partition coefficient (Wildman–Crippen LogP) is 2.82. The van der Waals surface area contributed by atoms with Gasteiger partial charge in [0.1, 0.15) is 5.03 Å². The second kappa shape index (κ2) is 4.63. The van der Waals surface area contributed by atoms with Crippen LogP contribution in [0.4, 0.5) is 0 Å². The van der Waals surface area contributed by atoms with Gasteiger partial charge >= 0.3 is 0 Å². The van der Waals surface area contributed by atoms with E-state index in [1.54, 1.807) is 11.8 Å². The number of rotatable bonds is 2. The van der Waals surface area contributed by atoms with Crippen molar-refractivity contribution in [3.63, 3.8) is 0 Å². The van der Waals surface area contributed by atoms with Crippen LogP contribution in [0.15, 0.2) is 29.3 Å². The first-order chi connectivity index (χ1) is 8.33. The molecule has 0 spiro atoms.